The van der Waals surface area contributed by atoms with E-state index >= 15 is 0 Å². The largest absolute Gasteiger partial charge is 0.480 e. The molecular weight excluding hydrogens is 340 g/mol. The maximum atomic E-state index is 12.9. The summed E-state index contributed by atoms with van der Waals surface area (Å²) in [6.07, 6.45) is 0. The highest BCUT2D eigenvalue weighted by Crippen LogP contribution is 2.31. The van der Waals surface area contributed by atoms with E-state index in [0.717, 1.165) is 11.1 Å². The number of fused-ring (bicyclic) bond motifs is 1. The lowest BCUT2D eigenvalue weighted by Crippen LogP contribution is -2.48. The highest BCUT2D eigenvalue weighted by atomic mass is 32.2. The molecule has 6 nitrogen and oxygen atoms in total. The zero-order valence-corrected chi connectivity index (χ0v) is 15.9. The molecule has 2 aromatic carbocycles. The van der Waals surface area contributed by atoms with E-state index in [4.69, 9.17) is 0 Å². The van der Waals surface area contributed by atoms with Gasteiger partial charge in [0.05, 0.1) is 4.90 Å². The van der Waals surface area contributed by atoms with E-state index in [1.54, 1.807) is 39.0 Å². The van der Waals surface area contributed by atoms with Gasteiger partial charge in [-0.05, 0) is 17.5 Å². The molecule has 0 spiro atoms. The van der Waals surface area contributed by atoms with E-state index < -0.39 is 27.4 Å². The molecule has 0 radical (unpaired) electrons. The predicted octanol–water partition coefficient (Wildman–Crippen LogP) is 2.68. The van der Waals surface area contributed by atoms with Crippen LogP contribution in [0.3, 0.4) is 0 Å². The van der Waals surface area contributed by atoms with Gasteiger partial charge in [0.25, 0.3) is 0 Å². The van der Waals surface area contributed by atoms with Crippen molar-refractivity contribution in [2.24, 2.45) is 5.41 Å². The minimum absolute atomic E-state index is 0.0733. The minimum Gasteiger partial charge on any atom is -0.480 e. The van der Waals surface area contributed by atoms with E-state index in [1.807, 2.05) is 31.1 Å². The number of benzene rings is 2. The Bertz CT molecular complexity index is 899. The molecule has 136 valence electrons. The molecule has 25 heavy (non-hydrogen) atoms. The van der Waals surface area contributed by atoms with Crippen LogP contribution in [0.4, 0.5) is 5.69 Å². The molecule has 0 unspecified atom stereocenters. The second-order valence-electron chi connectivity index (χ2n) is 7.28. The summed E-state index contributed by atoms with van der Waals surface area (Å²) in [5, 5.41) is 10.8. The second kappa shape index (κ2) is 6.65. The number of hydrogen-bond donors (Lipinski definition) is 2. The fourth-order valence-electron chi connectivity index (χ4n) is 2.71. The van der Waals surface area contributed by atoms with Crippen molar-refractivity contribution < 1.29 is 18.3 Å². The van der Waals surface area contributed by atoms with Crippen LogP contribution >= 0.6 is 0 Å². The monoisotopic (exact) mass is 364 g/mol. The molecule has 0 saturated carbocycles. The van der Waals surface area contributed by atoms with Crippen molar-refractivity contribution in [3.8, 4) is 0 Å². The fraction of sp³-hybridized carbons (Fsp3) is 0.389. The smallest absolute Gasteiger partial charge is 0.322 e. The Kier molecular flexibility index (Phi) is 5.11. The van der Waals surface area contributed by atoms with E-state index in [2.05, 4.69) is 4.72 Å². The lowest BCUT2D eigenvalue weighted by molar-refractivity contribution is -0.141. The summed E-state index contributed by atoms with van der Waals surface area (Å²) in [4.78, 5) is 13.5. The molecule has 2 N–H and O–H groups in total. The summed E-state index contributed by atoms with van der Waals surface area (Å²) in [6, 6.07) is 9.19. The molecule has 2 rings (SSSR count). The summed E-state index contributed by atoms with van der Waals surface area (Å²) >= 11 is 0. The number of nitrogens with one attached hydrogen (secondary N) is 1. The van der Waals surface area contributed by atoms with Gasteiger partial charge in [-0.1, -0.05) is 45.0 Å². The second-order valence-corrected chi connectivity index (χ2v) is 8.96. The number of carboxylic acids is 1. The molecule has 0 fully saturated rings. The standard InChI is InChI=1S/C18H24N2O4S/c1-18(2,3)16(17(21)22)19-25(23,24)15-11-7-8-12-13(15)9-6-10-14(12)20(4)5/h6-11,16,19H,1-5H3,(H,21,22)/t16-/m1/s1. The van der Waals surface area contributed by atoms with Crippen LogP contribution in [0.15, 0.2) is 41.3 Å². The number of nitrogens with zero attached hydrogens (tertiary/aromatic N) is 1. The van der Waals surface area contributed by atoms with E-state index in [-0.39, 0.29) is 4.90 Å². The molecular formula is C18H24N2O4S. The maximum Gasteiger partial charge on any atom is 0.322 e. The zero-order chi connectivity index (χ0) is 19.0. The van der Waals surface area contributed by atoms with Gasteiger partial charge in [0.2, 0.25) is 10.0 Å². The number of rotatable bonds is 5. The molecule has 0 aliphatic heterocycles. The molecule has 0 aliphatic rings. The normalized spacial score (nSPS) is 13.6. The number of aliphatic carboxylic acids is 1. The first-order valence-electron chi connectivity index (χ1n) is 7.89. The fourth-order valence-corrected chi connectivity index (χ4v) is 4.32. The van der Waals surface area contributed by atoms with E-state index in [1.165, 1.54) is 6.07 Å². The highest BCUT2D eigenvalue weighted by Gasteiger charge is 2.35. The van der Waals surface area contributed by atoms with Gasteiger partial charge in [-0.2, -0.15) is 4.72 Å². The zero-order valence-electron chi connectivity index (χ0n) is 15.1. The van der Waals surface area contributed by atoms with Crippen LogP contribution in [0.5, 0.6) is 0 Å². The molecule has 0 aliphatic carbocycles. The summed E-state index contributed by atoms with van der Waals surface area (Å²) in [5.74, 6) is -1.20. The Morgan fingerprint density at radius 1 is 1.08 bits per heavy atom. The first-order chi connectivity index (χ1) is 11.4. The molecule has 0 heterocycles. The highest BCUT2D eigenvalue weighted by molar-refractivity contribution is 7.89. The van der Waals surface area contributed by atoms with Crippen molar-refractivity contribution in [2.45, 2.75) is 31.7 Å². The van der Waals surface area contributed by atoms with Gasteiger partial charge in [-0.25, -0.2) is 8.42 Å². The molecule has 0 amide bonds. The molecule has 7 heteroatoms. The Hall–Kier alpha value is -2.12. The first kappa shape index (κ1) is 19.2. The lowest BCUT2D eigenvalue weighted by Gasteiger charge is -2.27. The predicted molar refractivity (Wildman–Crippen MR) is 99.5 cm³/mol. The summed E-state index contributed by atoms with van der Waals surface area (Å²) in [5.41, 5.74) is 0.123. The van der Waals surface area contributed by atoms with Crippen molar-refractivity contribution in [3.63, 3.8) is 0 Å². The van der Waals surface area contributed by atoms with Gasteiger partial charge in [0.15, 0.2) is 0 Å². The molecule has 1 atom stereocenters. The van der Waals surface area contributed by atoms with Crippen LogP contribution < -0.4 is 9.62 Å². The summed E-state index contributed by atoms with van der Waals surface area (Å²) in [7, 11) is -0.240. The van der Waals surface area contributed by atoms with Crippen LogP contribution in [0.1, 0.15) is 20.8 Å². The van der Waals surface area contributed by atoms with Crippen LogP contribution in [0, 0.1) is 5.41 Å². The SMILES string of the molecule is CN(C)c1cccc2c(S(=O)(=O)N[C@H](C(=O)O)C(C)(C)C)cccc12. The number of anilines is 1. The van der Waals surface area contributed by atoms with Crippen molar-refractivity contribution >= 4 is 32.5 Å². The maximum absolute atomic E-state index is 12.9. The quantitative estimate of drug-likeness (QED) is 0.852. The van der Waals surface area contributed by atoms with Crippen LogP contribution in [-0.2, 0) is 14.8 Å². The Balaban J connectivity index is 2.61. The third kappa shape index (κ3) is 3.93. The Morgan fingerprint density at radius 3 is 2.16 bits per heavy atom. The average molecular weight is 364 g/mol. The number of sulfonamides is 1. The number of carboxylic acid groups (broad SMARTS) is 1. The van der Waals surface area contributed by atoms with Gasteiger partial charge in [0.1, 0.15) is 6.04 Å². The van der Waals surface area contributed by atoms with Crippen LogP contribution in [-0.4, -0.2) is 39.6 Å². The molecule has 0 aromatic heterocycles. The van der Waals surface area contributed by atoms with E-state index in [0.29, 0.717) is 5.39 Å². The van der Waals surface area contributed by atoms with E-state index in [9.17, 15) is 18.3 Å². The van der Waals surface area contributed by atoms with Crippen LogP contribution in [0.25, 0.3) is 10.8 Å². The summed E-state index contributed by atoms with van der Waals surface area (Å²) < 4.78 is 28.2. The average Bonchev–Trinajstić information content (AvgIpc) is 2.50. The lowest BCUT2D eigenvalue weighted by atomic mass is 9.88. The van der Waals surface area contributed by atoms with Gasteiger partial charge in [-0.3, -0.25) is 4.79 Å². The molecule has 0 saturated heterocycles. The number of hydrogen-bond acceptors (Lipinski definition) is 4. The topological polar surface area (TPSA) is 86.7 Å². The van der Waals surface area contributed by atoms with Crippen molar-refractivity contribution in [3.05, 3.63) is 36.4 Å². The van der Waals surface area contributed by atoms with Gasteiger partial charge < -0.3 is 10.0 Å². The minimum atomic E-state index is -4.01. The Morgan fingerprint density at radius 2 is 1.64 bits per heavy atom. The van der Waals surface area contributed by atoms with Gasteiger partial charge in [-0.15, -0.1) is 0 Å². The molecule has 2 aromatic rings. The van der Waals surface area contributed by atoms with Crippen LogP contribution in [0.2, 0.25) is 0 Å². The van der Waals surface area contributed by atoms with Crippen molar-refractivity contribution in [2.75, 3.05) is 19.0 Å². The van der Waals surface area contributed by atoms with Gasteiger partial charge >= 0.3 is 5.97 Å². The third-order valence-corrected chi connectivity index (χ3v) is 5.50. The van der Waals surface area contributed by atoms with Crippen molar-refractivity contribution in [1.29, 1.82) is 0 Å². The Labute approximate surface area is 148 Å². The van der Waals surface area contributed by atoms with Gasteiger partial charge in [0, 0.05) is 30.6 Å². The van der Waals surface area contributed by atoms with Crippen molar-refractivity contribution in [1.82, 2.24) is 4.72 Å². The third-order valence-electron chi connectivity index (χ3n) is 4.02. The summed E-state index contributed by atoms with van der Waals surface area (Å²) in [6.45, 7) is 5.05. The first-order valence-corrected chi connectivity index (χ1v) is 9.37. The number of carbonyl (C=O) groups is 1. The molecule has 0 bridgehead atoms.